The van der Waals surface area contributed by atoms with Gasteiger partial charge in [0.15, 0.2) is 0 Å². The molecule has 26 heavy (non-hydrogen) atoms. The summed E-state index contributed by atoms with van der Waals surface area (Å²) in [5.41, 5.74) is 0. The summed E-state index contributed by atoms with van der Waals surface area (Å²) in [5.74, 6) is -0.686. The first kappa shape index (κ1) is 28.4. The molecule has 0 amide bonds. The van der Waals surface area contributed by atoms with Crippen molar-refractivity contribution >= 4 is 102 Å². The second kappa shape index (κ2) is 17.1. The van der Waals surface area contributed by atoms with E-state index in [1.165, 1.54) is 12.8 Å². The van der Waals surface area contributed by atoms with Crippen LogP contribution in [-0.2, 0) is 4.79 Å². The third kappa shape index (κ3) is 14.4. The van der Waals surface area contributed by atoms with Gasteiger partial charge in [-0.05, 0) is 32.1 Å². The highest BCUT2D eigenvalue weighted by molar-refractivity contribution is 9.13. The topological polar surface area (TPSA) is 37.3 Å². The van der Waals surface area contributed by atoms with E-state index in [-0.39, 0.29) is 0 Å². The van der Waals surface area contributed by atoms with Crippen LogP contribution in [0.2, 0.25) is 0 Å². The number of hydrogen-bond donors (Lipinski definition) is 1. The third-order valence-corrected chi connectivity index (χ3v) is 12.9. The van der Waals surface area contributed by atoms with Gasteiger partial charge in [0, 0.05) is 35.4 Å². The van der Waals surface area contributed by atoms with Crippen molar-refractivity contribution in [3.63, 3.8) is 0 Å². The van der Waals surface area contributed by atoms with Crippen LogP contribution in [0.15, 0.2) is 0 Å². The summed E-state index contributed by atoms with van der Waals surface area (Å²) in [6.45, 7) is 2.19. The van der Waals surface area contributed by atoms with Crippen LogP contribution in [0.25, 0.3) is 0 Å². The molecule has 0 saturated carbocycles. The Bertz CT molecular complexity index is 372. The molecule has 8 heteroatoms. The number of halogens is 6. The fraction of sp³-hybridized carbons (Fsp3) is 0.944. The number of rotatable bonds is 16. The second-order valence-electron chi connectivity index (χ2n) is 6.68. The SMILES string of the molecule is CC[C@H](Br)[C@H](Br)C[C@H](Br)[C@H](Br)C[C@H](Br)[C@H](Br)CCCCCCCC(=O)O. The van der Waals surface area contributed by atoms with Crippen LogP contribution >= 0.6 is 95.6 Å². The average Bonchev–Trinajstić information content (AvgIpc) is 2.59. The number of hydrogen-bond acceptors (Lipinski definition) is 1. The van der Waals surface area contributed by atoms with Gasteiger partial charge in [-0.15, -0.1) is 0 Å². The number of unbranched alkanes of at least 4 members (excludes halogenated alkanes) is 4. The van der Waals surface area contributed by atoms with E-state index in [0.717, 1.165) is 44.9 Å². The molecule has 0 radical (unpaired) electrons. The van der Waals surface area contributed by atoms with Gasteiger partial charge in [0.05, 0.1) is 0 Å². The zero-order valence-electron chi connectivity index (χ0n) is 15.2. The summed E-state index contributed by atoms with van der Waals surface area (Å²) in [6, 6.07) is 0. The molecule has 0 aliphatic rings. The molecular weight excluding hydrogens is 728 g/mol. The molecule has 1 N–H and O–H groups in total. The van der Waals surface area contributed by atoms with Crippen LogP contribution in [0.5, 0.6) is 0 Å². The first-order valence-electron chi connectivity index (χ1n) is 9.25. The van der Waals surface area contributed by atoms with Gasteiger partial charge in [-0.1, -0.05) is 128 Å². The molecule has 0 unspecified atom stereocenters. The van der Waals surface area contributed by atoms with Gasteiger partial charge in [0.1, 0.15) is 0 Å². The molecule has 156 valence electrons. The molecular formula is C18H30Br6O2. The lowest BCUT2D eigenvalue weighted by molar-refractivity contribution is -0.137. The van der Waals surface area contributed by atoms with E-state index in [0.29, 0.717) is 35.4 Å². The molecule has 0 aromatic rings. The molecule has 0 aliphatic heterocycles. The number of carbonyl (C=O) groups is 1. The molecule has 0 aliphatic carbocycles. The lowest BCUT2D eigenvalue weighted by Crippen LogP contribution is -2.27. The van der Waals surface area contributed by atoms with Gasteiger partial charge in [0.25, 0.3) is 0 Å². The maximum atomic E-state index is 10.5. The largest absolute Gasteiger partial charge is 0.481 e. The van der Waals surface area contributed by atoms with Gasteiger partial charge >= 0.3 is 5.97 Å². The molecule has 0 spiro atoms. The summed E-state index contributed by atoms with van der Waals surface area (Å²) in [4.78, 5) is 13.2. The second-order valence-corrected chi connectivity index (χ2v) is 13.7. The molecule has 0 fully saturated rings. The minimum absolute atomic E-state index is 0.300. The maximum absolute atomic E-state index is 10.5. The molecule has 6 atom stereocenters. The van der Waals surface area contributed by atoms with Crippen LogP contribution in [0.1, 0.15) is 71.1 Å². The van der Waals surface area contributed by atoms with Crippen molar-refractivity contribution in [3.05, 3.63) is 0 Å². The van der Waals surface area contributed by atoms with E-state index < -0.39 is 5.97 Å². The van der Waals surface area contributed by atoms with E-state index in [1.807, 2.05) is 0 Å². The normalized spacial score (nSPS) is 18.7. The van der Waals surface area contributed by atoms with E-state index in [4.69, 9.17) is 5.11 Å². The standard InChI is InChI=1S/C18H30Br6O2/c1-2-12(19)14(21)10-16(23)17(24)11-15(22)13(20)8-6-4-3-5-7-9-18(25)26/h12-17H,2-11H2,1H3,(H,25,26)/t12-,13+,14+,15-,16-,17+/m0/s1. The van der Waals surface area contributed by atoms with Crippen LogP contribution in [0.3, 0.4) is 0 Å². The molecule has 2 nitrogen and oxygen atoms in total. The molecule has 0 aromatic heterocycles. The van der Waals surface area contributed by atoms with Crippen molar-refractivity contribution in [3.8, 4) is 0 Å². The van der Waals surface area contributed by atoms with Crippen molar-refractivity contribution in [2.75, 3.05) is 0 Å². The van der Waals surface area contributed by atoms with Gasteiger partial charge < -0.3 is 5.11 Å². The number of aliphatic carboxylic acids is 1. The highest BCUT2D eigenvalue weighted by atomic mass is 79.9. The van der Waals surface area contributed by atoms with Crippen LogP contribution < -0.4 is 0 Å². The first-order chi connectivity index (χ1) is 12.2. The van der Waals surface area contributed by atoms with Crippen molar-refractivity contribution < 1.29 is 9.90 Å². The van der Waals surface area contributed by atoms with Crippen LogP contribution in [0.4, 0.5) is 0 Å². The maximum Gasteiger partial charge on any atom is 0.303 e. The molecule has 0 bridgehead atoms. The summed E-state index contributed by atoms with van der Waals surface area (Å²) in [6.07, 6.45) is 9.99. The van der Waals surface area contributed by atoms with E-state index in [9.17, 15) is 4.79 Å². The highest BCUT2D eigenvalue weighted by Gasteiger charge is 2.26. The lowest BCUT2D eigenvalue weighted by Gasteiger charge is -2.25. The Labute approximate surface area is 209 Å². The van der Waals surface area contributed by atoms with Crippen molar-refractivity contribution in [1.29, 1.82) is 0 Å². The lowest BCUT2D eigenvalue weighted by atomic mass is 10.0. The Morgan fingerprint density at radius 2 is 1.12 bits per heavy atom. The Kier molecular flexibility index (Phi) is 18.6. The molecule has 0 rings (SSSR count). The van der Waals surface area contributed by atoms with Crippen LogP contribution in [-0.4, -0.2) is 40.0 Å². The Morgan fingerprint density at radius 3 is 1.62 bits per heavy atom. The van der Waals surface area contributed by atoms with Gasteiger partial charge in [0.2, 0.25) is 0 Å². The van der Waals surface area contributed by atoms with Gasteiger partial charge in [-0.3, -0.25) is 4.79 Å². The van der Waals surface area contributed by atoms with Gasteiger partial charge in [-0.2, -0.15) is 0 Å². The molecule has 0 saturated heterocycles. The third-order valence-electron chi connectivity index (χ3n) is 4.34. The van der Waals surface area contributed by atoms with Crippen molar-refractivity contribution in [1.82, 2.24) is 0 Å². The fourth-order valence-electron chi connectivity index (χ4n) is 2.60. The summed E-state index contributed by atoms with van der Waals surface area (Å²) >= 11 is 22.9. The summed E-state index contributed by atoms with van der Waals surface area (Å²) < 4.78 is 0. The summed E-state index contributed by atoms with van der Waals surface area (Å²) in [7, 11) is 0. The Balaban J connectivity index is 3.94. The minimum atomic E-state index is -0.686. The first-order valence-corrected chi connectivity index (χ1v) is 14.7. The zero-order chi connectivity index (χ0) is 20.1. The minimum Gasteiger partial charge on any atom is -0.481 e. The van der Waals surface area contributed by atoms with E-state index in [1.54, 1.807) is 0 Å². The van der Waals surface area contributed by atoms with Crippen molar-refractivity contribution in [2.24, 2.45) is 0 Å². The van der Waals surface area contributed by atoms with E-state index >= 15 is 0 Å². The quantitative estimate of drug-likeness (QED) is 0.127. The predicted octanol–water partition coefficient (Wildman–Crippen LogP) is 8.57. The number of carboxylic acid groups (broad SMARTS) is 1. The molecule has 0 heterocycles. The van der Waals surface area contributed by atoms with E-state index in [2.05, 4.69) is 103 Å². The number of alkyl halides is 6. The number of carboxylic acids is 1. The average molecular weight is 758 g/mol. The van der Waals surface area contributed by atoms with Gasteiger partial charge in [-0.25, -0.2) is 0 Å². The Morgan fingerprint density at radius 1 is 0.692 bits per heavy atom. The predicted molar refractivity (Wildman–Crippen MR) is 136 cm³/mol. The Hall–Kier alpha value is 2.35. The molecule has 0 aromatic carbocycles. The fourth-order valence-corrected chi connectivity index (χ4v) is 7.04. The van der Waals surface area contributed by atoms with Crippen LogP contribution in [0, 0.1) is 0 Å². The summed E-state index contributed by atoms with van der Waals surface area (Å²) in [5, 5.41) is 8.63. The highest BCUT2D eigenvalue weighted by Crippen LogP contribution is 2.33. The zero-order valence-corrected chi connectivity index (χ0v) is 24.7. The smallest absolute Gasteiger partial charge is 0.303 e. The van der Waals surface area contributed by atoms with Crippen molar-refractivity contribution in [2.45, 2.75) is 100 Å². The monoisotopic (exact) mass is 752 g/mol.